The fourth-order valence-electron chi connectivity index (χ4n) is 2.41. The number of amides is 1. The van der Waals surface area contributed by atoms with Crippen molar-refractivity contribution in [3.8, 4) is 0 Å². The van der Waals surface area contributed by atoms with E-state index in [9.17, 15) is 9.18 Å². The predicted molar refractivity (Wildman–Crippen MR) is 87.8 cm³/mol. The zero-order valence-corrected chi connectivity index (χ0v) is 13.5. The van der Waals surface area contributed by atoms with Crippen LogP contribution in [-0.2, 0) is 9.53 Å². The highest BCUT2D eigenvalue weighted by Crippen LogP contribution is 2.32. The summed E-state index contributed by atoms with van der Waals surface area (Å²) in [4.78, 5) is 15.8. The first-order valence-electron chi connectivity index (χ1n) is 7.06. The van der Waals surface area contributed by atoms with E-state index in [2.05, 4.69) is 0 Å². The Hall–Kier alpha value is -1.28. The first-order valence-corrected chi connectivity index (χ1v) is 8.29. The molecule has 7 heteroatoms. The molecule has 0 aromatic heterocycles. The van der Waals surface area contributed by atoms with Crippen molar-refractivity contribution in [1.82, 2.24) is 4.90 Å². The number of thioether (sulfide) groups is 1. The van der Waals surface area contributed by atoms with Crippen LogP contribution in [0.1, 0.15) is 5.56 Å². The summed E-state index contributed by atoms with van der Waals surface area (Å²) < 4.78 is 19.6. The van der Waals surface area contributed by atoms with Crippen LogP contribution in [0.4, 0.5) is 4.39 Å². The van der Waals surface area contributed by atoms with Crippen molar-refractivity contribution in [3.63, 3.8) is 0 Å². The van der Waals surface area contributed by atoms with Crippen LogP contribution in [0.3, 0.4) is 0 Å². The predicted octanol–water partition coefficient (Wildman–Crippen LogP) is 0.899. The van der Waals surface area contributed by atoms with Crippen molar-refractivity contribution in [2.75, 3.05) is 33.0 Å². The smallest absolute Gasteiger partial charge is 0.270 e. The molecule has 0 saturated carbocycles. The fourth-order valence-corrected chi connectivity index (χ4v) is 3.66. The minimum atomic E-state index is -0.341. The van der Waals surface area contributed by atoms with Gasteiger partial charge in [-0.1, -0.05) is 42.2 Å². The first-order chi connectivity index (χ1) is 10.6. The van der Waals surface area contributed by atoms with E-state index in [1.165, 1.54) is 22.7 Å². The zero-order valence-electron chi connectivity index (χ0n) is 11.9. The van der Waals surface area contributed by atoms with Gasteiger partial charge in [0.25, 0.3) is 5.91 Å². The average Bonchev–Trinajstić information content (AvgIpc) is 2.78. The lowest BCUT2D eigenvalue weighted by Crippen LogP contribution is -3.15. The molecule has 1 N–H and O–H groups in total. The third kappa shape index (κ3) is 3.38. The van der Waals surface area contributed by atoms with Crippen LogP contribution in [0.25, 0.3) is 6.08 Å². The third-order valence-electron chi connectivity index (χ3n) is 3.65. The van der Waals surface area contributed by atoms with Crippen LogP contribution in [0.2, 0.25) is 0 Å². The number of hydrogen-bond acceptors (Lipinski definition) is 4. The molecule has 0 bridgehead atoms. The zero-order chi connectivity index (χ0) is 15.5. The molecule has 2 saturated heterocycles. The lowest BCUT2D eigenvalue weighted by Gasteiger charge is -2.27. The van der Waals surface area contributed by atoms with Gasteiger partial charge in [0.2, 0.25) is 0 Å². The van der Waals surface area contributed by atoms with Gasteiger partial charge in [-0.15, -0.1) is 0 Å². The Bertz CT molecular complexity index is 630. The van der Waals surface area contributed by atoms with Crippen LogP contribution in [0.5, 0.6) is 0 Å². The van der Waals surface area contributed by atoms with Gasteiger partial charge in [0.15, 0.2) is 11.0 Å². The minimum absolute atomic E-state index is 0.141. The summed E-state index contributed by atoms with van der Waals surface area (Å²) in [6, 6.07) is 6.40. The van der Waals surface area contributed by atoms with Gasteiger partial charge in [-0.3, -0.25) is 4.79 Å². The van der Waals surface area contributed by atoms with E-state index < -0.39 is 0 Å². The number of ether oxygens (including phenoxy) is 1. The summed E-state index contributed by atoms with van der Waals surface area (Å²) in [7, 11) is 0. The highest BCUT2D eigenvalue weighted by molar-refractivity contribution is 8.26. The molecule has 116 valence electrons. The maximum Gasteiger partial charge on any atom is 0.270 e. The van der Waals surface area contributed by atoms with E-state index >= 15 is 0 Å². The second kappa shape index (κ2) is 6.87. The van der Waals surface area contributed by atoms with Crippen LogP contribution in [-0.4, -0.2) is 48.1 Å². The van der Waals surface area contributed by atoms with Crippen LogP contribution in [0, 0.1) is 5.82 Å². The van der Waals surface area contributed by atoms with Gasteiger partial charge >= 0.3 is 0 Å². The molecule has 22 heavy (non-hydrogen) atoms. The van der Waals surface area contributed by atoms with Gasteiger partial charge < -0.3 is 9.64 Å². The number of nitrogens with zero attached hydrogens (tertiary/aromatic N) is 1. The monoisotopic (exact) mass is 339 g/mol. The Morgan fingerprint density at radius 1 is 1.36 bits per heavy atom. The first kappa shape index (κ1) is 15.6. The number of rotatable bonds is 3. The number of thiocarbonyl (C=S) groups is 1. The molecular formula is C15H16FN2O2S2+. The molecule has 2 aliphatic heterocycles. The van der Waals surface area contributed by atoms with Crippen molar-refractivity contribution in [3.05, 3.63) is 40.6 Å². The largest absolute Gasteiger partial charge is 0.370 e. The summed E-state index contributed by atoms with van der Waals surface area (Å²) in [6.45, 7) is 3.68. The summed E-state index contributed by atoms with van der Waals surface area (Å²) in [5.74, 6) is -0.483. The average molecular weight is 339 g/mol. The molecule has 4 nitrogen and oxygen atoms in total. The lowest BCUT2D eigenvalue weighted by molar-refractivity contribution is -0.914. The van der Waals surface area contributed by atoms with Crippen molar-refractivity contribution < 1.29 is 18.8 Å². The molecule has 0 spiro atoms. The Balaban J connectivity index is 1.75. The van der Waals surface area contributed by atoms with Crippen molar-refractivity contribution in [1.29, 1.82) is 0 Å². The van der Waals surface area contributed by atoms with Crippen LogP contribution in [0.15, 0.2) is 29.2 Å². The quantitative estimate of drug-likeness (QED) is 0.655. The van der Waals surface area contributed by atoms with E-state index in [0.717, 1.165) is 13.1 Å². The van der Waals surface area contributed by atoms with Gasteiger partial charge in [0.1, 0.15) is 18.9 Å². The second-order valence-corrected chi connectivity index (χ2v) is 6.83. The summed E-state index contributed by atoms with van der Waals surface area (Å²) in [5.41, 5.74) is 0.404. The molecule has 1 amide bonds. The normalized spacial score (nSPS) is 21.9. The lowest BCUT2D eigenvalue weighted by atomic mass is 10.2. The Labute approximate surface area is 137 Å². The topological polar surface area (TPSA) is 34.0 Å². The Morgan fingerprint density at radius 3 is 2.82 bits per heavy atom. The van der Waals surface area contributed by atoms with E-state index in [1.807, 2.05) is 0 Å². The molecule has 3 rings (SSSR count). The van der Waals surface area contributed by atoms with E-state index in [0.29, 0.717) is 34.7 Å². The van der Waals surface area contributed by atoms with Gasteiger partial charge in [0.05, 0.1) is 18.1 Å². The maximum atomic E-state index is 13.7. The Kier molecular flexibility index (Phi) is 4.87. The molecule has 2 heterocycles. The van der Waals surface area contributed by atoms with Crippen LogP contribution < -0.4 is 4.90 Å². The number of morpholine rings is 1. The fraction of sp³-hybridized carbons (Fsp3) is 0.333. The van der Waals surface area contributed by atoms with Crippen molar-refractivity contribution in [2.24, 2.45) is 0 Å². The maximum absolute atomic E-state index is 13.7. The third-order valence-corrected chi connectivity index (χ3v) is 5.02. The molecule has 1 aromatic carbocycles. The molecule has 0 atom stereocenters. The van der Waals surface area contributed by atoms with E-state index in [-0.39, 0.29) is 11.7 Å². The summed E-state index contributed by atoms with van der Waals surface area (Å²) in [5, 5.41) is 0. The molecular weight excluding hydrogens is 323 g/mol. The summed E-state index contributed by atoms with van der Waals surface area (Å²) >= 11 is 6.53. The summed E-state index contributed by atoms with van der Waals surface area (Å²) in [6.07, 6.45) is 1.57. The second-order valence-electron chi connectivity index (χ2n) is 5.15. The molecule has 0 aliphatic carbocycles. The van der Waals surface area contributed by atoms with Gasteiger partial charge in [-0.05, 0) is 12.1 Å². The van der Waals surface area contributed by atoms with Gasteiger partial charge in [0, 0.05) is 5.56 Å². The van der Waals surface area contributed by atoms with Gasteiger partial charge in [-0.25, -0.2) is 9.29 Å². The number of nitrogens with one attached hydrogen (secondary N) is 1. The molecule has 0 radical (unpaired) electrons. The van der Waals surface area contributed by atoms with E-state index in [1.54, 1.807) is 29.2 Å². The standard InChI is InChI=1S/C15H15FN2O2S2/c16-12-4-2-1-3-11(12)9-13-14(19)18(15(21)22-13)10-17-5-7-20-8-6-17/h1-4,9H,5-8,10H2/p+1/b13-9+. The number of benzene rings is 1. The number of carbonyl (C=O) groups is 1. The number of halogens is 1. The van der Waals surface area contributed by atoms with Crippen LogP contribution >= 0.6 is 24.0 Å². The number of carbonyl (C=O) groups excluding carboxylic acids is 1. The molecule has 2 aliphatic rings. The number of hydrogen-bond donors (Lipinski definition) is 1. The Morgan fingerprint density at radius 2 is 2.09 bits per heavy atom. The minimum Gasteiger partial charge on any atom is -0.370 e. The number of quaternary nitrogens is 1. The van der Waals surface area contributed by atoms with Gasteiger partial charge in [-0.2, -0.15) is 0 Å². The molecule has 0 unspecified atom stereocenters. The SMILES string of the molecule is O=C1/C(=C\c2ccccc2F)SC(=S)N1C[NH+]1CCOCC1. The molecule has 1 aromatic rings. The highest BCUT2D eigenvalue weighted by atomic mass is 32.2. The van der Waals surface area contributed by atoms with E-state index in [4.69, 9.17) is 17.0 Å². The van der Waals surface area contributed by atoms with Crippen molar-refractivity contribution >= 4 is 40.3 Å². The van der Waals surface area contributed by atoms with Crippen molar-refractivity contribution in [2.45, 2.75) is 0 Å². The molecule has 2 fully saturated rings. The highest BCUT2D eigenvalue weighted by Gasteiger charge is 2.35.